The minimum atomic E-state index is -0.490. The summed E-state index contributed by atoms with van der Waals surface area (Å²) in [7, 11) is 0. The van der Waals surface area contributed by atoms with E-state index in [4.69, 9.17) is 14.2 Å². The average Bonchev–Trinajstić information content (AvgIpc) is 3.58. The lowest BCUT2D eigenvalue weighted by Crippen LogP contribution is -2.12. The number of para-hydroxylation sites is 1. The minimum absolute atomic E-state index is 0.289. The summed E-state index contributed by atoms with van der Waals surface area (Å²) in [5, 5.41) is 14.2. The molecule has 5 rings (SSSR count). The molecule has 0 aliphatic heterocycles. The zero-order valence-electron chi connectivity index (χ0n) is 20.5. The summed E-state index contributed by atoms with van der Waals surface area (Å²) >= 11 is 0. The second kappa shape index (κ2) is 10.9. The van der Waals surface area contributed by atoms with E-state index in [1.54, 1.807) is 19.1 Å². The van der Waals surface area contributed by atoms with Gasteiger partial charge in [-0.3, -0.25) is 4.57 Å². The summed E-state index contributed by atoms with van der Waals surface area (Å²) in [5.41, 5.74) is 3.68. The van der Waals surface area contributed by atoms with Gasteiger partial charge in [0.15, 0.2) is 11.9 Å². The van der Waals surface area contributed by atoms with Crippen LogP contribution in [0.15, 0.2) is 72.8 Å². The van der Waals surface area contributed by atoms with E-state index in [0.717, 1.165) is 11.1 Å². The van der Waals surface area contributed by atoms with E-state index in [2.05, 4.69) is 25.6 Å². The molecule has 2 heterocycles. The number of nitrogens with one attached hydrogen (secondary N) is 1. The first-order valence-electron chi connectivity index (χ1n) is 12.0. The molecule has 3 aromatic carbocycles. The lowest BCUT2D eigenvalue weighted by Gasteiger charge is -2.17. The van der Waals surface area contributed by atoms with Crippen molar-refractivity contribution in [3.63, 3.8) is 0 Å². The number of fused-ring (bicyclic) bond motifs is 1. The third kappa shape index (κ3) is 5.13. The van der Waals surface area contributed by atoms with Gasteiger partial charge in [-0.25, -0.2) is 9.89 Å². The maximum atomic E-state index is 12.7. The zero-order valence-corrected chi connectivity index (χ0v) is 20.5. The van der Waals surface area contributed by atoms with Gasteiger partial charge < -0.3 is 14.2 Å². The highest BCUT2D eigenvalue weighted by Gasteiger charge is 2.21. The molecule has 0 radical (unpaired) electrons. The van der Waals surface area contributed by atoms with Crippen LogP contribution in [0.1, 0.15) is 47.3 Å². The Morgan fingerprint density at radius 2 is 1.78 bits per heavy atom. The molecule has 5 aromatic rings. The Labute approximate surface area is 213 Å². The molecule has 10 nitrogen and oxygen atoms in total. The van der Waals surface area contributed by atoms with Gasteiger partial charge in [-0.1, -0.05) is 48.5 Å². The number of imidazole rings is 1. The van der Waals surface area contributed by atoms with Crippen LogP contribution < -0.4 is 9.47 Å². The molecule has 188 valence electrons. The molecule has 2 aromatic heterocycles. The Morgan fingerprint density at radius 1 is 0.973 bits per heavy atom. The van der Waals surface area contributed by atoms with Crippen LogP contribution in [-0.2, 0) is 11.3 Å². The van der Waals surface area contributed by atoms with E-state index in [-0.39, 0.29) is 6.61 Å². The third-order valence-corrected chi connectivity index (χ3v) is 5.73. The first kappa shape index (κ1) is 24.0. The molecular formula is C27H26N6O4. The van der Waals surface area contributed by atoms with Crippen LogP contribution in [0.5, 0.6) is 11.8 Å². The van der Waals surface area contributed by atoms with Crippen LogP contribution in [0.25, 0.3) is 11.0 Å². The summed E-state index contributed by atoms with van der Waals surface area (Å²) in [6.07, 6.45) is -0.490. The number of aromatic amines is 1. The number of ether oxygens (including phenoxy) is 3. The fourth-order valence-corrected chi connectivity index (χ4v) is 4.10. The fraction of sp³-hybridized carbons (Fsp3) is 0.222. The average molecular weight is 499 g/mol. The van der Waals surface area contributed by atoms with Gasteiger partial charge in [-0.2, -0.15) is 4.98 Å². The van der Waals surface area contributed by atoms with Crippen LogP contribution in [-0.4, -0.2) is 49.4 Å². The van der Waals surface area contributed by atoms with Crippen LogP contribution in [0, 0.1) is 0 Å². The number of benzene rings is 3. The van der Waals surface area contributed by atoms with Crippen molar-refractivity contribution >= 4 is 17.0 Å². The molecular weight excluding hydrogens is 472 g/mol. The van der Waals surface area contributed by atoms with Crippen molar-refractivity contribution in [1.29, 1.82) is 0 Å². The standard InChI is InChI=1S/C27H26N6O4/c1-3-35-26(34)21-11-8-12-22-23(21)33(27(28-22)36-4-2)17-18-13-15-20(16-14-18)37-24(25-29-31-32-30-25)19-9-6-5-7-10-19/h5-16,24H,3-4,17H2,1-2H3,(H,29,30,31,32). The van der Waals surface area contributed by atoms with Crippen molar-refractivity contribution in [1.82, 2.24) is 30.2 Å². The maximum absolute atomic E-state index is 12.7. The summed E-state index contributed by atoms with van der Waals surface area (Å²) in [4.78, 5) is 17.3. The van der Waals surface area contributed by atoms with E-state index in [1.807, 2.05) is 72.2 Å². The predicted octanol–water partition coefficient (Wildman–Crippen LogP) is 4.34. The number of esters is 1. The van der Waals surface area contributed by atoms with Crippen molar-refractivity contribution in [2.45, 2.75) is 26.5 Å². The third-order valence-electron chi connectivity index (χ3n) is 5.73. The molecule has 0 saturated carbocycles. The highest BCUT2D eigenvalue weighted by atomic mass is 16.5. The topological polar surface area (TPSA) is 117 Å². The highest BCUT2D eigenvalue weighted by Crippen LogP contribution is 2.29. The monoisotopic (exact) mass is 498 g/mol. The van der Waals surface area contributed by atoms with E-state index >= 15 is 0 Å². The molecule has 0 fully saturated rings. The number of tetrazole rings is 1. The van der Waals surface area contributed by atoms with Crippen molar-refractivity contribution < 1.29 is 19.0 Å². The lowest BCUT2D eigenvalue weighted by molar-refractivity contribution is 0.0528. The molecule has 10 heteroatoms. The maximum Gasteiger partial charge on any atom is 0.340 e. The van der Waals surface area contributed by atoms with Crippen molar-refractivity contribution in [3.8, 4) is 11.8 Å². The van der Waals surface area contributed by atoms with Gasteiger partial charge in [-0.15, -0.1) is 5.10 Å². The molecule has 1 unspecified atom stereocenters. The Morgan fingerprint density at radius 3 is 2.49 bits per heavy atom. The number of carbonyl (C=O) groups is 1. The molecule has 0 aliphatic carbocycles. The molecule has 0 aliphatic rings. The van der Waals surface area contributed by atoms with Gasteiger partial charge in [0.25, 0.3) is 6.01 Å². The molecule has 1 N–H and O–H groups in total. The molecule has 0 saturated heterocycles. The van der Waals surface area contributed by atoms with Crippen LogP contribution >= 0.6 is 0 Å². The number of hydrogen-bond acceptors (Lipinski definition) is 8. The number of H-pyrrole nitrogens is 1. The largest absolute Gasteiger partial charge is 0.478 e. The fourth-order valence-electron chi connectivity index (χ4n) is 4.10. The number of hydrogen-bond donors (Lipinski definition) is 1. The van der Waals surface area contributed by atoms with Gasteiger partial charge in [0, 0.05) is 5.56 Å². The van der Waals surface area contributed by atoms with E-state index < -0.39 is 12.1 Å². The zero-order chi connectivity index (χ0) is 25.6. The first-order valence-corrected chi connectivity index (χ1v) is 12.0. The van der Waals surface area contributed by atoms with E-state index in [9.17, 15) is 4.79 Å². The van der Waals surface area contributed by atoms with Gasteiger partial charge in [0.1, 0.15) is 5.75 Å². The predicted molar refractivity (Wildman–Crippen MR) is 135 cm³/mol. The molecule has 1 atom stereocenters. The van der Waals surface area contributed by atoms with Crippen LogP contribution in [0.2, 0.25) is 0 Å². The SMILES string of the molecule is CCOC(=O)c1cccc2nc(OCC)n(Cc3ccc(OC(c4ccccc4)c4nnn[nH]4)cc3)c12. The number of carbonyl (C=O) groups excluding carboxylic acids is 1. The Bertz CT molecular complexity index is 1470. The van der Waals surface area contributed by atoms with E-state index in [0.29, 0.717) is 47.3 Å². The number of aromatic nitrogens is 6. The van der Waals surface area contributed by atoms with E-state index in [1.165, 1.54) is 0 Å². The highest BCUT2D eigenvalue weighted by molar-refractivity contribution is 6.02. The summed E-state index contributed by atoms with van der Waals surface area (Å²) in [5.74, 6) is 0.768. The van der Waals surface area contributed by atoms with Crippen LogP contribution in [0.3, 0.4) is 0 Å². The number of rotatable bonds is 10. The van der Waals surface area contributed by atoms with Crippen LogP contribution in [0.4, 0.5) is 0 Å². The Hall–Kier alpha value is -4.73. The second-order valence-electron chi connectivity index (χ2n) is 8.15. The van der Waals surface area contributed by atoms with Crippen molar-refractivity contribution in [2.75, 3.05) is 13.2 Å². The van der Waals surface area contributed by atoms with Crippen molar-refractivity contribution in [2.24, 2.45) is 0 Å². The van der Waals surface area contributed by atoms with Crippen molar-refractivity contribution in [3.05, 3.63) is 95.3 Å². The summed E-state index contributed by atoms with van der Waals surface area (Å²) in [6.45, 7) is 4.86. The molecule has 0 spiro atoms. The minimum Gasteiger partial charge on any atom is -0.478 e. The summed E-state index contributed by atoms with van der Waals surface area (Å²) < 4.78 is 19.2. The van der Waals surface area contributed by atoms with Gasteiger partial charge in [0.05, 0.1) is 36.4 Å². The molecule has 37 heavy (non-hydrogen) atoms. The van der Waals surface area contributed by atoms with Gasteiger partial charge >= 0.3 is 5.97 Å². The normalized spacial score (nSPS) is 11.8. The quantitative estimate of drug-likeness (QED) is 0.283. The Balaban J connectivity index is 1.44. The molecule has 0 amide bonds. The van der Waals surface area contributed by atoms with Gasteiger partial charge in [-0.05, 0) is 54.1 Å². The van der Waals surface area contributed by atoms with Gasteiger partial charge in [0.2, 0.25) is 0 Å². The summed E-state index contributed by atoms with van der Waals surface area (Å²) in [6, 6.07) is 23.3. The lowest BCUT2D eigenvalue weighted by atomic mass is 10.1. The smallest absolute Gasteiger partial charge is 0.340 e. The first-order chi connectivity index (χ1) is 18.2. The Kier molecular flexibility index (Phi) is 7.07. The second-order valence-corrected chi connectivity index (χ2v) is 8.15. The number of nitrogens with zero attached hydrogens (tertiary/aromatic N) is 5. The molecule has 0 bridgehead atoms.